The topological polar surface area (TPSA) is 45.2 Å². The van der Waals surface area contributed by atoms with Crippen molar-refractivity contribution >= 4 is 11.6 Å². The average molecular weight is 301 g/mol. The lowest BCUT2D eigenvalue weighted by atomic mass is 10.0. The van der Waals surface area contributed by atoms with E-state index < -0.39 is 11.9 Å². The number of carbonyl (C=O) groups excluding carboxylic acids is 1. The molecule has 0 aliphatic carbocycles. The van der Waals surface area contributed by atoms with Gasteiger partial charge in [-0.25, -0.2) is 4.98 Å². The van der Waals surface area contributed by atoms with Gasteiger partial charge in [0, 0.05) is 6.54 Å². The maximum absolute atomic E-state index is 12.5. The van der Waals surface area contributed by atoms with Crippen molar-refractivity contribution in [1.29, 1.82) is 0 Å². The van der Waals surface area contributed by atoms with Crippen LogP contribution in [0.15, 0.2) is 18.3 Å². The number of rotatable bonds is 4. The molecular weight excluding hydrogens is 283 g/mol. The van der Waals surface area contributed by atoms with Crippen LogP contribution in [0.4, 0.5) is 18.9 Å². The van der Waals surface area contributed by atoms with E-state index in [0.29, 0.717) is 12.2 Å². The van der Waals surface area contributed by atoms with E-state index in [4.69, 9.17) is 0 Å². The molecule has 1 N–H and O–H groups in total. The maximum atomic E-state index is 12.5. The van der Waals surface area contributed by atoms with Crippen LogP contribution in [0.5, 0.6) is 0 Å². The fraction of sp³-hybridized carbons (Fsp3) is 0.571. The van der Waals surface area contributed by atoms with Crippen molar-refractivity contribution in [2.24, 2.45) is 0 Å². The van der Waals surface area contributed by atoms with E-state index in [2.05, 4.69) is 10.3 Å². The second-order valence-corrected chi connectivity index (χ2v) is 5.04. The summed E-state index contributed by atoms with van der Waals surface area (Å²) < 4.78 is 37.5. The Kier molecular flexibility index (Phi) is 4.82. The molecule has 7 heteroatoms. The Labute approximate surface area is 121 Å². The number of anilines is 1. The zero-order valence-electron chi connectivity index (χ0n) is 11.8. The Morgan fingerprint density at radius 1 is 1.43 bits per heavy atom. The average Bonchev–Trinajstić information content (AvgIpc) is 2.45. The number of nitrogens with zero attached hydrogens (tertiary/aromatic N) is 2. The van der Waals surface area contributed by atoms with Crippen molar-refractivity contribution in [2.45, 2.75) is 38.4 Å². The van der Waals surface area contributed by atoms with Gasteiger partial charge < -0.3 is 10.2 Å². The molecule has 116 valence electrons. The zero-order valence-corrected chi connectivity index (χ0v) is 11.8. The van der Waals surface area contributed by atoms with Gasteiger partial charge >= 0.3 is 6.18 Å². The van der Waals surface area contributed by atoms with E-state index in [1.165, 1.54) is 11.0 Å². The fourth-order valence-corrected chi connectivity index (χ4v) is 2.35. The molecule has 0 saturated carbocycles. The highest BCUT2D eigenvalue weighted by molar-refractivity contribution is 5.97. The number of carbonyl (C=O) groups is 1. The largest absolute Gasteiger partial charge is 0.433 e. The van der Waals surface area contributed by atoms with Crippen LogP contribution >= 0.6 is 0 Å². The molecule has 2 rings (SSSR count). The van der Waals surface area contributed by atoms with Crippen molar-refractivity contribution in [3.8, 4) is 0 Å². The second kappa shape index (κ2) is 6.43. The summed E-state index contributed by atoms with van der Waals surface area (Å²) in [6.45, 7) is 3.27. The van der Waals surface area contributed by atoms with Gasteiger partial charge in [-0.3, -0.25) is 4.79 Å². The minimum atomic E-state index is -4.46. The van der Waals surface area contributed by atoms with Crippen molar-refractivity contribution in [3.63, 3.8) is 0 Å². The van der Waals surface area contributed by atoms with Crippen LogP contribution in [0.3, 0.4) is 0 Å². The van der Waals surface area contributed by atoms with E-state index in [9.17, 15) is 18.0 Å². The Morgan fingerprint density at radius 2 is 2.19 bits per heavy atom. The minimum absolute atomic E-state index is 0.101. The van der Waals surface area contributed by atoms with Gasteiger partial charge in [0.15, 0.2) is 0 Å². The van der Waals surface area contributed by atoms with Crippen LogP contribution in [0.25, 0.3) is 0 Å². The van der Waals surface area contributed by atoms with Gasteiger partial charge in [0.25, 0.3) is 0 Å². The molecule has 4 nitrogen and oxygen atoms in total. The smallest absolute Gasteiger partial charge is 0.310 e. The Balaban J connectivity index is 2.11. The summed E-state index contributed by atoms with van der Waals surface area (Å²) in [5, 5.41) is 3.16. The first-order valence-corrected chi connectivity index (χ1v) is 7.01. The Morgan fingerprint density at radius 3 is 2.76 bits per heavy atom. The predicted octanol–water partition coefficient (Wildman–Crippen LogP) is 2.60. The number of hydrogen-bond donors (Lipinski definition) is 1. The van der Waals surface area contributed by atoms with Gasteiger partial charge in [-0.15, -0.1) is 0 Å². The minimum Gasteiger partial charge on any atom is -0.310 e. The van der Waals surface area contributed by atoms with Gasteiger partial charge in [0.05, 0.1) is 17.9 Å². The van der Waals surface area contributed by atoms with Gasteiger partial charge in [-0.2, -0.15) is 13.2 Å². The molecule has 2 heterocycles. The highest BCUT2D eigenvalue weighted by atomic mass is 19.4. The number of nitrogens with one attached hydrogen (secondary N) is 1. The van der Waals surface area contributed by atoms with Crippen LogP contribution in [-0.2, 0) is 11.0 Å². The summed E-state index contributed by atoms with van der Waals surface area (Å²) in [7, 11) is 0. The Bertz CT molecular complexity index is 487. The lowest BCUT2D eigenvalue weighted by Gasteiger charge is -2.32. The number of halogens is 3. The molecule has 1 amide bonds. The first kappa shape index (κ1) is 15.8. The summed E-state index contributed by atoms with van der Waals surface area (Å²) >= 11 is 0. The maximum Gasteiger partial charge on any atom is 0.433 e. The van der Waals surface area contributed by atoms with Gasteiger partial charge in [0.1, 0.15) is 5.69 Å². The van der Waals surface area contributed by atoms with Crippen LogP contribution in [0.2, 0.25) is 0 Å². The molecule has 1 aliphatic rings. The number of amides is 1. The summed E-state index contributed by atoms with van der Waals surface area (Å²) in [6, 6.07) is 1.95. The third kappa shape index (κ3) is 3.72. The summed E-state index contributed by atoms with van der Waals surface area (Å²) in [5.74, 6) is -0.101. The molecule has 1 fully saturated rings. The number of aromatic nitrogens is 1. The van der Waals surface area contributed by atoms with Gasteiger partial charge in [-0.1, -0.05) is 6.92 Å². The molecule has 1 atom stereocenters. The molecule has 0 spiro atoms. The standard InChI is InChI=1S/C14H18F3N3O/c1-2-7-18-11-4-3-8-20(13(11)21)10-5-6-12(19-9-10)14(15,16)17/h5-6,9,11,18H,2-4,7-8H2,1H3. The molecule has 0 radical (unpaired) electrons. The summed E-state index contributed by atoms with van der Waals surface area (Å²) in [6.07, 6.45) is -0.859. The number of hydrogen-bond acceptors (Lipinski definition) is 3. The highest BCUT2D eigenvalue weighted by Crippen LogP contribution is 2.29. The molecule has 0 bridgehead atoms. The summed E-state index contributed by atoms with van der Waals surface area (Å²) in [4.78, 5) is 17.2. The molecule has 1 aliphatic heterocycles. The van der Waals surface area contributed by atoms with E-state index in [1.54, 1.807) is 0 Å². The quantitative estimate of drug-likeness (QED) is 0.930. The van der Waals surface area contributed by atoms with Crippen LogP contribution < -0.4 is 10.2 Å². The lowest BCUT2D eigenvalue weighted by Crippen LogP contribution is -2.51. The highest BCUT2D eigenvalue weighted by Gasteiger charge is 2.33. The van der Waals surface area contributed by atoms with Gasteiger partial charge in [-0.05, 0) is 37.9 Å². The van der Waals surface area contributed by atoms with Crippen molar-refractivity contribution in [1.82, 2.24) is 10.3 Å². The van der Waals surface area contributed by atoms with Crippen LogP contribution in [-0.4, -0.2) is 30.0 Å². The predicted molar refractivity (Wildman–Crippen MR) is 72.9 cm³/mol. The molecule has 1 aromatic heterocycles. The zero-order chi connectivity index (χ0) is 15.5. The van der Waals surface area contributed by atoms with E-state index in [-0.39, 0.29) is 11.9 Å². The third-order valence-corrected chi connectivity index (χ3v) is 3.43. The number of pyridine rings is 1. The molecule has 1 saturated heterocycles. The van der Waals surface area contributed by atoms with Crippen molar-refractivity contribution in [2.75, 3.05) is 18.0 Å². The first-order valence-electron chi connectivity index (χ1n) is 7.01. The number of piperidine rings is 1. The summed E-state index contributed by atoms with van der Waals surface area (Å²) in [5.41, 5.74) is -0.535. The normalized spacial score (nSPS) is 19.9. The second-order valence-electron chi connectivity index (χ2n) is 5.04. The number of alkyl halides is 3. The van der Waals surface area contributed by atoms with Gasteiger partial charge in [0.2, 0.25) is 5.91 Å². The third-order valence-electron chi connectivity index (χ3n) is 3.43. The Hall–Kier alpha value is -1.63. The first-order chi connectivity index (χ1) is 9.93. The van der Waals surface area contributed by atoms with Crippen molar-refractivity contribution in [3.05, 3.63) is 24.0 Å². The van der Waals surface area contributed by atoms with E-state index in [0.717, 1.165) is 38.1 Å². The van der Waals surface area contributed by atoms with E-state index in [1.807, 2.05) is 6.92 Å². The molecule has 21 heavy (non-hydrogen) atoms. The SMILES string of the molecule is CCCNC1CCCN(c2ccc(C(F)(F)F)nc2)C1=O. The molecule has 1 unspecified atom stereocenters. The molecular formula is C14H18F3N3O. The lowest BCUT2D eigenvalue weighted by molar-refractivity contribution is -0.141. The van der Waals surface area contributed by atoms with Crippen molar-refractivity contribution < 1.29 is 18.0 Å². The van der Waals surface area contributed by atoms with Crippen LogP contribution in [0.1, 0.15) is 31.9 Å². The van der Waals surface area contributed by atoms with E-state index >= 15 is 0 Å². The molecule has 1 aromatic rings. The van der Waals surface area contributed by atoms with Crippen LogP contribution in [0, 0.1) is 0 Å². The monoisotopic (exact) mass is 301 g/mol. The molecule has 0 aromatic carbocycles. The fourth-order valence-electron chi connectivity index (χ4n) is 2.35.